The summed E-state index contributed by atoms with van der Waals surface area (Å²) in [4.78, 5) is 27.0. The number of hydrogen-bond acceptors (Lipinski definition) is 3. The molecule has 0 aromatic heterocycles. The first-order valence-electron chi connectivity index (χ1n) is 2.78. The van der Waals surface area contributed by atoms with Crippen LogP contribution in [0.2, 0.25) is 0 Å². The molecular weight excluding hydrogens is 239 g/mol. The van der Waals surface area contributed by atoms with Crippen LogP contribution in [0.3, 0.4) is 0 Å². The first-order chi connectivity index (χ1) is 5.20. The maximum absolute atomic E-state index is 9.00. The van der Waals surface area contributed by atoms with Crippen molar-refractivity contribution < 1.29 is 52.2 Å². The molecule has 8 heteroatoms. The Balaban J connectivity index is -0.0000000270. The molecule has 0 saturated heterocycles. The summed E-state index contributed by atoms with van der Waals surface area (Å²) in [6.45, 7) is 3.25. The van der Waals surface area contributed by atoms with E-state index in [1.54, 1.807) is 0 Å². The molecule has 1 radical (unpaired) electrons. The second kappa shape index (κ2) is 22.7. The number of hydrogen-bond donors (Lipinski definition) is 3. The molecule has 0 aliphatic rings. The number of carbonyl (C=O) groups is 3. The number of carboxylic acid groups (broad SMARTS) is 3. The van der Waals surface area contributed by atoms with Crippen LogP contribution in [0.15, 0.2) is 0 Å². The minimum atomic E-state index is -0.833. The molecule has 0 spiro atoms. The third-order valence-electron chi connectivity index (χ3n) is 0. The van der Waals surface area contributed by atoms with Gasteiger partial charge in [0.1, 0.15) is 0 Å². The van der Waals surface area contributed by atoms with Crippen LogP contribution < -0.4 is 0 Å². The minimum absolute atomic E-state index is 0. The molecular formula is C6H14MnO7. The van der Waals surface area contributed by atoms with Crippen LogP contribution in [0.1, 0.15) is 20.8 Å². The van der Waals surface area contributed by atoms with Gasteiger partial charge in [0.05, 0.1) is 0 Å². The maximum Gasteiger partial charge on any atom is 0.300 e. The molecule has 0 bridgehead atoms. The molecule has 87 valence electrons. The summed E-state index contributed by atoms with van der Waals surface area (Å²) in [5.74, 6) is -2.50. The van der Waals surface area contributed by atoms with E-state index in [-0.39, 0.29) is 22.5 Å². The Labute approximate surface area is 91.5 Å². The van der Waals surface area contributed by atoms with E-state index < -0.39 is 17.9 Å². The summed E-state index contributed by atoms with van der Waals surface area (Å²) in [5.41, 5.74) is 0. The molecule has 0 aromatic carbocycles. The molecule has 0 fully saturated rings. The van der Waals surface area contributed by atoms with Crippen molar-refractivity contribution in [3.8, 4) is 0 Å². The van der Waals surface area contributed by atoms with Crippen LogP contribution in [0.5, 0.6) is 0 Å². The fourth-order valence-electron chi connectivity index (χ4n) is 0. The Kier molecular flexibility index (Phi) is 47.4. The van der Waals surface area contributed by atoms with Gasteiger partial charge in [0.2, 0.25) is 0 Å². The Hall–Kier alpha value is -1.11. The fourth-order valence-corrected chi connectivity index (χ4v) is 0. The summed E-state index contributed by atoms with van der Waals surface area (Å²) in [5, 5.41) is 22.2. The van der Waals surface area contributed by atoms with Gasteiger partial charge in [0.15, 0.2) is 0 Å². The summed E-state index contributed by atoms with van der Waals surface area (Å²) >= 11 is 0. The van der Waals surface area contributed by atoms with Gasteiger partial charge in [-0.1, -0.05) is 0 Å². The van der Waals surface area contributed by atoms with Crippen LogP contribution in [0.25, 0.3) is 0 Å². The van der Waals surface area contributed by atoms with Crippen molar-refractivity contribution in [1.29, 1.82) is 0 Å². The van der Waals surface area contributed by atoms with Crippen LogP contribution >= 0.6 is 0 Å². The van der Waals surface area contributed by atoms with E-state index in [9.17, 15) is 0 Å². The second-order valence-corrected chi connectivity index (χ2v) is 1.56. The van der Waals surface area contributed by atoms with Gasteiger partial charge in [0.25, 0.3) is 17.9 Å². The average molecular weight is 253 g/mol. The molecule has 0 unspecified atom stereocenters. The van der Waals surface area contributed by atoms with Gasteiger partial charge < -0.3 is 20.8 Å². The smallest absolute Gasteiger partial charge is 0.300 e. The third kappa shape index (κ3) is 864. The molecule has 5 N–H and O–H groups in total. The quantitative estimate of drug-likeness (QED) is 0.494. The molecule has 0 rings (SSSR count). The Morgan fingerprint density at radius 1 is 0.714 bits per heavy atom. The molecule has 0 aliphatic heterocycles. The Morgan fingerprint density at radius 2 is 0.714 bits per heavy atom. The van der Waals surface area contributed by atoms with Gasteiger partial charge in [-0.25, -0.2) is 0 Å². The van der Waals surface area contributed by atoms with Crippen molar-refractivity contribution in [2.24, 2.45) is 0 Å². The molecule has 0 saturated carbocycles. The zero-order valence-corrected chi connectivity index (χ0v) is 9.12. The molecule has 0 aliphatic carbocycles. The molecule has 0 atom stereocenters. The Bertz CT molecular complexity index is 116. The standard InChI is InChI=1S/3C2H4O2.Mn.H2O/c3*1-2(3)4;;/h3*1H3,(H,3,4);;1H2. The van der Waals surface area contributed by atoms with Gasteiger partial charge in [0, 0.05) is 37.8 Å². The van der Waals surface area contributed by atoms with Crippen LogP contribution in [0.4, 0.5) is 0 Å². The SMILES string of the molecule is CC(=O)O.CC(=O)O.CC(=O)O.O.[Mn]. The first kappa shape index (κ1) is 29.3. The van der Waals surface area contributed by atoms with Crippen LogP contribution in [0, 0.1) is 0 Å². The Morgan fingerprint density at radius 3 is 0.714 bits per heavy atom. The minimum Gasteiger partial charge on any atom is -0.481 e. The van der Waals surface area contributed by atoms with E-state index in [1.165, 1.54) is 0 Å². The van der Waals surface area contributed by atoms with Crippen molar-refractivity contribution in [3.05, 3.63) is 0 Å². The summed E-state index contributed by atoms with van der Waals surface area (Å²) in [6, 6.07) is 0. The van der Waals surface area contributed by atoms with Gasteiger partial charge >= 0.3 is 0 Å². The van der Waals surface area contributed by atoms with Crippen LogP contribution in [-0.4, -0.2) is 38.7 Å². The number of aliphatic carboxylic acids is 3. The van der Waals surface area contributed by atoms with E-state index in [0.29, 0.717) is 0 Å². The second-order valence-electron chi connectivity index (χ2n) is 1.56. The van der Waals surface area contributed by atoms with Gasteiger partial charge in [-0.05, 0) is 0 Å². The zero-order valence-electron chi connectivity index (χ0n) is 7.94. The van der Waals surface area contributed by atoms with Gasteiger partial charge in [-0.2, -0.15) is 0 Å². The largest absolute Gasteiger partial charge is 0.481 e. The molecule has 0 aromatic rings. The van der Waals surface area contributed by atoms with E-state index in [2.05, 4.69) is 0 Å². The monoisotopic (exact) mass is 253 g/mol. The fraction of sp³-hybridized carbons (Fsp3) is 0.500. The summed E-state index contributed by atoms with van der Waals surface area (Å²) in [6.07, 6.45) is 0. The van der Waals surface area contributed by atoms with Crippen molar-refractivity contribution in [2.45, 2.75) is 20.8 Å². The van der Waals surface area contributed by atoms with Crippen molar-refractivity contribution in [3.63, 3.8) is 0 Å². The first-order valence-corrected chi connectivity index (χ1v) is 2.78. The van der Waals surface area contributed by atoms with E-state index >= 15 is 0 Å². The summed E-state index contributed by atoms with van der Waals surface area (Å²) < 4.78 is 0. The normalized spacial score (nSPS) is 5.36. The van der Waals surface area contributed by atoms with Crippen LogP contribution in [-0.2, 0) is 31.5 Å². The molecule has 7 nitrogen and oxygen atoms in total. The van der Waals surface area contributed by atoms with Crippen molar-refractivity contribution in [2.75, 3.05) is 0 Å². The zero-order chi connectivity index (χ0) is 10.7. The topological polar surface area (TPSA) is 143 Å². The predicted octanol–water partition coefficient (Wildman–Crippen LogP) is -0.555. The summed E-state index contributed by atoms with van der Waals surface area (Å²) in [7, 11) is 0. The molecule has 0 amide bonds. The van der Waals surface area contributed by atoms with Crippen molar-refractivity contribution >= 4 is 17.9 Å². The maximum atomic E-state index is 9.00. The predicted molar refractivity (Wildman–Crippen MR) is 43.5 cm³/mol. The number of carboxylic acids is 3. The third-order valence-corrected chi connectivity index (χ3v) is 0. The molecule has 14 heavy (non-hydrogen) atoms. The van der Waals surface area contributed by atoms with E-state index in [1.807, 2.05) is 0 Å². The van der Waals surface area contributed by atoms with Gasteiger partial charge in [-0.3, -0.25) is 14.4 Å². The molecule has 0 heterocycles. The van der Waals surface area contributed by atoms with Crippen molar-refractivity contribution in [1.82, 2.24) is 0 Å². The van der Waals surface area contributed by atoms with E-state index in [4.69, 9.17) is 29.7 Å². The number of rotatable bonds is 0. The average Bonchev–Trinajstić information content (AvgIpc) is 1.54. The van der Waals surface area contributed by atoms with E-state index in [0.717, 1.165) is 20.8 Å². The van der Waals surface area contributed by atoms with Gasteiger partial charge in [-0.15, -0.1) is 0 Å².